The van der Waals surface area contributed by atoms with E-state index >= 15 is 0 Å². The molecule has 4 aliphatic carbocycles. The van der Waals surface area contributed by atoms with Crippen molar-refractivity contribution >= 4 is 11.8 Å². The fourth-order valence-electron chi connectivity index (χ4n) is 6.20. The average molecular weight is 283 g/mol. The van der Waals surface area contributed by atoms with E-state index in [4.69, 9.17) is 5.11 Å². The predicted molar refractivity (Wildman–Crippen MR) is 82.6 cm³/mol. The van der Waals surface area contributed by atoms with Crippen molar-refractivity contribution in [3.63, 3.8) is 0 Å². The summed E-state index contributed by atoms with van der Waals surface area (Å²) in [6, 6.07) is 0. The van der Waals surface area contributed by atoms with Gasteiger partial charge in [-0.05, 0) is 55.3 Å². The van der Waals surface area contributed by atoms with Crippen LogP contribution in [0.15, 0.2) is 0 Å². The van der Waals surface area contributed by atoms with Crippen LogP contribution in [0.3, 0.4) is 0 Å². The van der Waals surface area contributed by atoms with Gasteiger partial charge in [0.1, 0.15) is 0 Å². The monoisotopic (exact) mass is 283 g/mol. The van der Waals surface area contributed by atoms with Crippen LogP contribution in [-0.2, 0) is 0 Å². The molecule has 2 unspecified atom stereocenters. The lowest BCUT2D eigenvalue weighted by molar-refractivity contribution is -0.117. The lowest BCUT2D eigenvalue weighted by atomic mass is 9.43. The fraction of sp³-hybridized carbons (Fsp3) is 1.00. The number of aliphatic hydroxyl groups is 1. The Bertz CT molecular complexity index is 328. The molecule has 0 aromatic carbocycles. The summed E-state index contributed by atoms with van der Waals surface area (Å²) >= 11 is 1.87. The average Bonchev–Trinajstić information content (AvgIpc) is 2.23. The molecular weight excluding hydrogens is 254 g/mol. The van der Waals surface area contributed by atoms with Gasteiger partial charge in [-0.2, -0.15) is 11.8 Å². The van der Waals surface area contributed by atoms with Crippen molar-refractivity contribution in [2.75, 3.05) is 24.7 Å². The molecule has 4 aliphatic rings. The molecule has 0 aromatic rings. The van der Waals surface area contributed by atoms with Gasteiger partial charge in [0.05, 0.1) is 6.61 Å². The molecule has 0 spiro atoms. The van der Waals surface area contributed by atoms with Crippen molar-refractivity contribution in [2.24, 2.45) is 16.7 Å². The molecule has 3 heteroatoms. The number of hydrogen-bond acceptors (Lipinski definition) is 3. The molecule has 0 radical (unpaired) electrons. The SMILES string of the molecule is C[C@]12CC3CC(NCCSCCO)(C1)C[C@@](C)(C3)C2. The lowest BCUT2D eigenvalue weighted by Gasteiger charge is -2.65. The molecule has 4 fully saturated rings. The Balaban J connectivity index is 1.61. The summed E-state index contributed by atoms with van der Waals surface area (Å²) in [4.78, 5) is 0. The van der Waals surface area contributed by atoms with Crippen LogP contribution in [0, 0.1) is 16.7 Å². The summed E-state index contributed by atoms with van der Waals surface area (Å²) in [6.07, 6.45) is 8.63. The normalized spacial score (nSPS) is 47.8. The molecule has 0 heterocycles. The molecule has 4 rings (SSSR count). The molecule has 2 N–H and O–H groups in total. The second-order valence-electron chi connectivity index (χ2n) is 8.17. The van der Waals surface area contributed by atoms with Crippen LogP contribution >= 0.6 is 11.8 Å². The molecule has 4 saturated carbocycles. The van der Waals surface area contributed by atoms with E-state index in [0.29, 0.717) is 23.0 Å². The van der Waals surface area contributed by atoms with Crippen molar-refractivity contribution in [1.29, 1.82) is 0 Å². The van der Waals surface area contributed by atoms with Gasteiger partial charge in [-0.25, -0.2) is 0 Å². The first-order valence-corrected chi connectivity index (χ1v) is 9.06. The second-order valence-corrected chi connectivity index (χ2v) is 9.40. The van der Waals surface area contributed by atoms with E-state index in [0.717, 1.165) is 24.0 Å². The maximum atomic E-state index is 8.82. The molecule has 0 saturated heterocycles. The predicted octanol–water partition coefficient (Wildman–Crippen LogP) is 3.05. The molecule has 4 atom stereocenters. The maximum Gasteiger partial charge on any atom is 0.0521 e. The van der Waals surface area contributed by atoms with E-state index < -0.39 is 0 Å². The third kappa shape index (κ3) is 2.84. The third-order valence-electron chi connectivity index (χ3n) is 5.61. The number of rotatable bonds is 6. The van der Waals surface area contributed by atoms with Crippen LogP contribution in [0.1, 0.15) is 52.4 Å². The molecule has 110 valence electrons. The van der Waals surface area contributed by atoms with Gasteiger partial charge in [-0.15, -0.1) is 0 Å². The number of hydrogen-bond donors (Lipinski definition) is 2. The lowest BCUT2D eigenvalue weighted by Crippen LogP contribution is -2.64. The Morgan fingerprint density at radius 1 is 1.05 bits per heavy atom. The first kappa shape index (κ1) is 14.2. The summed E-state index contributed by atoms with van der Waals surface area (Å²) in [7, 11) is 0. The van der Waals surface area contributed by atoms with Gasteiger partial charge in [-0.3, -0.25) is 0 Å². The van der Waals surface area contributed by atoms with Crippen LogP contribution < -0.4 is 5.32 Å². The van der Waals surface area contributed by atoms with Gasteiger partial charge in [0, 0.05) is 23.6 Å². The zero-order valence-corrected chi connectivity index (χ0v) is 13.3. The van der Waals surface area contributed by atoms with Crippen molar-refractivity contribution in [1.82, 2.24) is 5.32 Å². The first-order chi connectivity index (χ1) is 8.97. The van der Waals surface area contributed by atoms with Crippen LogP contribution in [0.4, 0.5) is 0 Å². The minimum absolute atomic E-state index is 0.314. The topological polar surface area (TPSA) is 32.3 Å². The van der Waals surface area contributed by atoms with Crippen molar-refractivity contribution < 1.29 is 5.11 Å². The highest BCUT2D eigenvalue weighted by atomic mass is 32.2. The van der Waals surface area contributed by atoms with E-state index in [1.54, 1.807) is 0 Å². The quantitative estimate of drug-likeness (QED) is 0.735. The van der Waals surface area contributed by atoms with Crippen LogP contribution in [-0.4, -0.2) is 35.3 Å². The van der Waals surface area contributed by atoms with Gasteiger partial charge >= 0.3 is 0 Å². The smallest absolute Gasteiger partial charge is 0.0521 e. The second kappa shape index (κ2) is 4.92. The summed E-state index contributed by atoms with van der Waals surface area (Å²) in [5.41, 5.74) is 1.67. The molecule has 0 amide bonds. The molecular formula is C16H29NOS. The van der Waals surface area contributed by atoms with Gasteiger partial charge in [0.15, 0.2) is 0 Å². The van der Waals surface area contributed by atoms with Crippen LogP contribution in [0.2, 0.25) is 0 Å². The molecule has 4 bridgehead atoms. The first-order valence-electron chi connectivity index (χ1n) is 7.90. The summed E-state index contributed by atoms with van der Waals surface area (Å²) in [5.74, 6) is 3.00. The Labute approximate surface area is 122 Å². The molecule has 19 heavy (non-hydrogen) atoms. The summed E-state index contributed by atoms with van der Waals surface area (Å²) in [6.45, 7) is 6.50. The van der Waals surface area contributed by atoms with E-state index in [-0.39, 0.29) is 0 Å². The van der Waals surface area contributed by atoms with Crippen molar-refractivity contribution in [3.8, 4) is 0 Å². The maximum absolute atomic E-state index is 8.82. The largest absolute Gasteiger partial charge is 0.396 e. The number of aliphatic hydroxyl groups excluding tert-OH is 1. The Morgan fingerprint density at radius 3 is 2.32 bits per heavy atom. The fourth-order valence-corrected chi connectivity index (χ4v) is 6.78. The minimum Gasteiger partial charge on any atom is -0.396 e. The van der Waals surface area contributed by atoms with Crippen molar-refractivity contribution in [2.45, 2.75) is 57.9 Å². The van der Waals surface area contributed by atoms with E-state index in [1.807, 2.05) is 11.8 Å². The standard InChI is InChI=1S/C16H29NOS/c1-14-7-13-8-15(2,10-14)12-16(9-13,11-14)17-3-5-19-6-4-18/h13,17-18H,3-12H2,1-2H3/t13?,14-,15+,16?. The molecule has 0 aliphatic heterocycles. The highest BCUT2D eigenvalue weighted by Crippen LogP contribution is 2.66. The highest BCUT2D eigenvalue weighted by Gasteiger charge is 2.59. The molecule has 0 aromatic heterocycles. The number of nitrogens with one attached hydrogen (secondary N) is 1. The van der Waals surface area contributed by atoms with Crippen LogP contribution in [0.5, 0.6) is 0 Å². The van der Waals surface area contributed by atoms with Crippen LogP contribution in [0.25, 0.3) is 0 Å². The Morgan fingerprint density at radius 2 is 1.74 bits per heavy atom. The summed E-state index contributed by atoms with van der Waals surface area (Å²) < 4.78 is 0. The Hall–Kier alpha value is 0.270. The van der Waals surface area contributed by atoms with Gasteiger partial charge in [0.25, 0.3) is 0 Å². The zero-order chi connectivity index (χ0) is 13.6. The van der Waals surface area contributed by atoms with E-state index in [1.165, 1.54) is 38.5 Å². The highest BCUT2D eigenvalue weighted by molar-refractivity contribution is 7.99. The zero-order valence-electron chi connectivity index (χ0n) is 12.5. The number of thioether (sulfide) groups is 1. The third-order valence-corrected chi connectivity index (χ3v) is 6.57. The van der Waals surface area contributed by atoms with E-state index in [2.05, 4.69) is 19.2 Å². The van der Waals surface area contributed by atoms with Gasteiger partial charge in [-0.1, -0.05) is 13.8 Å². The van der Waals surface area contributed by atoms with Gasteiger partial charge in [0.2, 0.25) is 0 Å². The minimum atomic E-state index is 0.314. The van der Waals surface area contributed by atoms with Crippen molar-refractivity contribution in [3.05, 3.63) is 0 Å². The van der Waals surface area contributed by atoms with E-state index in [9.17, 15) is 0 Å². The summed E-state index contributed by atoms with van der Waals surface area (Å²) in [5, 5.41) is 12.8. The van der Waals surface area contributed by atoms with Gasteiger partial charge < -0.3 is 10.4 Å². The molecule has 2 nitrogen and oxygen atoms in total. The Kier molecular flexibility index (Phi) is 3.68.